The van der Waals surface area contributed by atoms with Crippen molar-refractivity contribution in [1.82, 2.24) is 29.4 Å². The zero-order valence-corrected chi connectivity index (χ0v) is 28.9. The van der Waals surface area contributed by atoms with Gasteiger partial charge in [-0.2, -0.15) is 13.2 Å². The van der Waals surface area contributed by atoms with E-state index in [0.717, 1.165) is 18.2 Å². The number of aliphatic hydroxyl groups is 1. The van der Waals surface area contributed by atoms with Crippen LogP contribution in [0.4, 0.5) is 30.4 Å². The summed E-state index contributed by atoms with van der Waals surface area (Å²) in [6, 6.07) is 2.07. The number of piperazine rings is 1. The zero-order chi connectivity index (χ0) is 37.1. The largest absolute Gasteiger partial charge is 0.504 e. The number of aromatic hydroxyl groups is 1. The number of nitrogens with one attached hydrogen (secondary N) is 1. The second-order valence-electron chi connectivity index (χ2n) is 13.2. The highest BCUT2D eigenvalue weighted by atomic mass is 35.5. The maximum Gasteiger partial charge on any atom is 0.416 e. The normalized spacial score (nSPS) is 20.2. The van der Waals surface area contributed by atoms with Crippen LogP contribution in [-0.2, 0) is 23.9 Å². The van der Waals surface area contributed by atoms with E-state index in [4.69, 9.17) is 16.6 Å². The molecule has 18 heteroatoms. The number of carbonyl (C=O) groups is 2. The van der Waals surface area contributed by atoms with Gasteiger partial charge in [-0.15, -0.1) is 0 Å². The molecule has 0 radical (unpaired) electrons. The molecular formula is C34H35ClF3N9O5. The predicted molar refractivity (Wildman–Crippen MR) is 185 cm³/mol. The van der Waals surface area contributed by atoms with Crippen LogP contribution in [0.5, 0.6) is 5.75 Å². The van der Waals surface area contributed by atoms with Crippen molar-refractivity contribution in [2.24, 2.45) is 0 Å². The fourth-order valence-electron chi connectivity index (χ4n) is 7.30. The molecule has 0 spiro atoms. The van der Waals surface area contributed by atoms with Gasteiger partial charge in [0.15, 0.2) is 22.6 Å². The molecule has 2 amide bonds. The second kappa shape index (κ2) is 13.5. The topological polar surface area (TPSA) is 170 Å². The van der Waals surface area contributed by atoms with E-state index >= 15 is 0 Å². The highest BCUT2D eigenvalue weighted by Gasteiger charge is 2.47. The van der Waals surface area contributed by atoms with Crippen LogP contribution in [-0.4, -0.2) is 95.8 Å². The first-order valence-corrected chi connectivity index (χ1v) is 17.2. The molecule has 4 aromatic rings. The number of pyridine rings is 1. The van der Waals surface area contributed by atoms with Crippen molar-refractivity contribution >= 4 is 51.8 Å². The van der Waals surface area contributed by atoms with Crippen molar-refractivity contribution in [3.8, 4) is 5.75 Å². The number of amides is 2. The lowest BCUT2D eigenvalue weighted by Crippen LogP contribution is -2.67. The molecule has 1 aliphatic carbocycles. The molecule has 2 saturated heterocycles. The second-order valence-corrected chi connectivity index (χ2v) is 13.6. The van der Waals surface area contributed by atoms with Crippen LogP contribution in [0.1, 0.15) is 53.6 Å². The Balaban J connectivity index is 1.27. The Hall–Kier alpha value is -5.03. The van der Waals surface area contributed by atoms with Crippen LogP contribution < -0.4 is 20.5 Å². The summed E-state index contributed by atoms with van der Waals surface area (Å²) in [6.07, 6.45) is -0.343. The zero-order valence-electron chi connectivity index (χ0n) is 28.2. The van der Waals surface area contributed by atoms with Gasteiger partial charge in [0.2, 0.25) is 11.3 Å². The maximum absolute atomic E-state index is 14.6. The fourth-order valence-corrected chi connectivity index (χ4v) is 7.53. The summed E-state index contributed by atoms with van der Waals surface area (Å²) in [7, 11) is 0. The van der Waals surface area contributed by atoms with Crippen molar-refractivity contribution in [3.63, 3.8) is 0 Å². The van der Waals surface area contributed by atoms with E-state index in [9.17, 15) is 37.8 Å². The van der Waals surface area contributed by atoms with E-state index in [1.165, 1.54) is 12.5 Å². The predicted octanol–water partition coefficient (Wildman–Crippen LogP) is 3.53. The lowest BCUT2D eigenvalue weighted by molar-refractivity contribution is -0.137. The van der Waals surface area contributed by atoms with E-state index in [-0.39, 0.29) is 70.7 Å². The lowest BCUT2D eigenvalue weighted by Gasteiger charge is -2.54. The van der Waals surface area contributed by atoms with Crippen molar-refractivity contribution in [3.05, 3.63) is 68.6 Å². The van der Waals surface area contributed by atoms with Gasteiger partial charge in [-0.05, 0) is 50.8 Å². The molecule has 274 valence electrons. The molecule has 1 saturated carbocycles. The first kappa shape index (κ1) is 35.4. The van der Waals surface area contributed by atoms with Gasteiger partial charge in [0, 0.05) is 37.9 Å². The molecule has 3 atom stereocenters. The number of hydrogen-bond donors (Lipinski definition) is 3. The number of rotatable bonds is 7. The number of nitrogens with zero attached hydrogens (tertiary/aromatic N) is 8. The summed E-state index contributed by atoms with van der Waals surface area (Å²) >= 11 is 6.14. The molecule has 14 nitrogen and oxygen atoms in total. The van der Waals surface area contributed by atoms with Crippen LogP contribution in [0.15, 0.2) is 35.5 Å². The van der Waals surface area contributed by atoms with E-state index < -0.39 is 35.1 Å². The fraction of sp³-hybridized carbons (Fsp3) is 0.441. The number of β-amino-alcohol motifs (C(OH)–C–C–N with tert-alkyl or cyclic N) is 1. The van der Waals surface area contributed by atoms with Crippen LogP contribution in [0.2, 0.25) is 5.02 Å². The minimum Gasteiger partial charge on any atom is -0.504 e. The van der Waals surface area contributed by atoms with Gasteiger partial charge in [-0.1, -0.05) is 18.5 Å². The third-order valence-electron chi connectivity index (χ3n) is 10.1. The van der Waals surface area contributed by atoms with E-state index in [1.807, 2.05) is 16.7 Å². The van der Waals surface area contributed by atoms with Crippen molar-refractivity contribution in [1.29, 1.82) is 0 Å². The van der Waals surface area contributed by atoms with Crippen molar-refractivity contribution in [2.75, 3.05) is 41.3 Å². The average Bonchev–Trinajstić information content (AvgIpc) is 3.53. The number of fused-ring (bicyclic) bond motifs is 2. The lowest BCUT2D eigenvalue weighted by atomic mass is 9.81. The number of benzene rings is 1. The molecule has 0 unspecified atom stereocenters. The Morgan fingerprint density at radius 2 is 1.85 bits per heavy atom. The Morgan fingerprint density at radius 3 is 2.50 bits per heavy atom. The first-order chi connectivity index (χ1) is 24.8. The summed E-state index contributed by atoms with van der Waals surface area (Å²) in [4.78, 5) is 64.5. The molecular weight excluding hydrogens is 707 g/mol. The highest BCUT2D eigenvalue weighted by Crippen LogP contribution is 2.39. The maximum atomic E-state index is 14.6. The summed E-state index contributed by atoms with van der Waals surface area (Å²) in [5.74, 6) is -0.961. The third kappa shape index (κ3) is 6.25. The van der Waals surface area contributed by atoms with Crippen LogP contribution >= 0.6 is 11.6 Å². The minimum atomic E-state index is -4.62. The van der Waals surface area contributed by atoms with Crippen molar-refractivity contribution in [2.45, 2.75) is 70.4 Å². The van der Waals surface area contributed by atoms with Gasteiger partial charge < -0.3 is 34.8 Å². The standard InChI is InChI=1S/C34H35ClF3N9O5/c1-3-22-29(45-10-11-46(24-7-6-23(24)45)33(52)28-30(50)17(2)40-16-41-28)31(51)27-32(39-13-25(43-27)44-9-8-19(48)14-44)47(22)15-26(49)42-21-5-4-18(12-20(21)35)34(36,37)38/h4-5,12-13,16,19,23-24,48,50H,3,6-11,14-15H2,1-2H3,(H,42,49)/t19-,23+,24+/m1/s1. The molecule has 3 aromatic heterocycles. The van der Waals surface area contributed by atoms with Crippen LogP contribution in [0.25, 0.3) is 11.2 Å². The number of aliphatic hydroxyl groups excluding tert-OH is 1. The third-order valence-corrected chi connectivity index (χ3v) is 10.4. The number of aryl methyl sites for hydroxylation is 1. The van der Waals surface area contributed by atoms with E-state index in [0.29, 0.717) is 56.0 Å². The molecule has 1 aromatic carbocycles. The number of carbonyl (C=O) groups excluding carboxylic acids is 2. The summed E-state index contributed by atoms with van der Waals surface area (Å²) < 4.78 is 41.3. The molecule has 3 aliphatic rings. The van der Waals surface area contributed by atoms with E-state index in [1.54, 1.807) is 16.4 Å². The van der Waals surface area contributed by atoms with Crippen LogP contribution in [0.3, 0.4) is 0 Å². The monoisotopic (exact) mass is 741 g/mol. The summed E-state index contributed by atoms with van der Waals surface area (Å²) in [5.41, 5.74) is -0.270. The number of hydrogen-bond acceptors (Lipinski definition) is 11. The van der Waals surface area contributed by atoms with Gasteiger partial charge in [-0.25, -0.2) is 19.9 Å². The Bertz CT molecular complexity index is 2150. The summed E-state index contributed by atoms with van der Waals surface area (Å²) in [6.45, 7) is 4.32. The Morgan fingerprint density at radius 1 is 1.08 bits per heavy atom. The van der Waals surface area contributed by atoms with Gasteiger partial charge in [-0.3, -0.25) is 14.4 Å². The van der Waals surface area contributed by atoms with Gasteiger partial charge in [0.1, 0.15) is 24.4 Å². The van der Waals surface area contributed by atoms with Gasteiger partial charge in [0.25, 0.3) is 5.91 Å². The molecule has 0 bridgehead atoms. The first-order valence-electron chi connectivity index (χ1n) is 16.9. The average molecular weight is 742 g/mol. The van der Waals surface area contributed by atoms with Crippen LogP contribution in [0, 0.1) is 6.92 Å². The quantitative estimate of drug-likeness (QED) is 0.253. The smallest absolute Gasteiger partial charge is 0.416 e. The number of aromatic nitrogens is 5. The Labute approximate surface area is 299 Å². The van der Waals surface area contributed by atoms with Gasteiger partial charge >= 0.3 is 6.18 Å². The Kier molecular flexibility index (Phi) is 9.19. The minimum absolute atomic E-state index is 0.00205. The molecule has 7 rings (SSSR count). The molecule has 5 heterocycles. The SMILES string of the molecule is CCc1c(N2CCN(C(=O)c3ncnc(C)c3O)[C@H]3CC[C@@H]32)c(=O)c2nc(N3CC[C@@H](O)C3)cnc2n1CC(=O)Nc1ccc(C(F)(F)F)cc1Cl. The number of anilines is 3. The molecule has 3 fully saturated rings. The molecule has 2 aliphatic heterocycles. The van der Waals surface area contributed by atoms with E-state index in [2.05, 4.69) is 20.3 Å². The van der Waals surface area contributed by atoms with Crippen molar-refractivity contribution < 1.29 is 33.0 Å². The number of halogens is 4. The summed E-state index contributed by atoms with van der Waals surface area (Å²) in [5, 5.41) is 23.0. The highest BCUT2D eigenvalue weighted by molar-refractivity contribution is 6.33. The van der Waals surface area contributed by atoms with Gasteiger partial charge in [0.05, 0.1) is 40.3 Å². The molecule has 3 N–H and O–H groups in total. The molecule has 52 heavy (non-hydrogen) atoms. The number of alkyl halides is 3.